The van der Waals surface area contributed by atoms with Gasteiger partial charge in [0, 0.05) is 52.2 Å². The highest BCUT2D eigenvalue weighted by molar-refractivity contribution is 5.73. The Labute approximate surface area is 129 Å². The zero-order chi connectivity index (χ0) is 15.2. The molecule has 1 amide bonds. The van der Waals surface area contributed by atoms with Crippen molar-refractivity contribution < 1.29 is 9.53 Å². The first kappa shape index (κ1) is 16.7. The number of carbonyl (C=O) groups is 1. The third-order valence-electron chi connectivity index (χ3n) is 4.35. The van der Waals surface area contributed by atoms with Crippen molar-refractivity contribution in [3.63, 3.8) is 0 Å². The minimum absolute atomic E-state index is 0.0673. The average molecular weight is 297 g/mol. The Morgan fingerprint density at radius 3 is 2.38 bits per heavy atom. The largest absolute Gasteiger partial charge is 0.377 e. The second kappa shape index (κ2) is 8.11. The minimum atomic E-state index is 0.0673. The van der Waals surface area contributed by atoms with Crippen molar-refractivity contribution in [3.05, 3.63) is 0 Å². The van der Waals surface area contributed by atoms with Crippen molar-refractivity contribution in [3.8, 4) is 0 Å². The number of hydrogen-bond acceptors (Lipinski definition) is 4. The van der Waals surface area contributed by atoms with Crippen molar-refractivity contribution in [2.45, 2.75) is 45.8 Å². The number of rotatable bonds is 7. The molecule has 21 heavy (non-hydrogen) atoms. The lowest BCUT2D eigenvalue weighted by atomic mass is 9.89. The summed E-state index contributed by atoms with van der Waals surface area (Å²) in [6.07, 6.45) is 2.30. The molecule has 1 saturated heterocycles. The zero-order valence-corrected chi connectivity index (χ0v) is 13.8. The Bertz CT molecular complexity index is 321. The maximum absolute atomic E-state index is 10.9. The van der Waals surface area contributed by atoms with Gasteiger partial charge in [-0.3, -0.25) is 9.69 Å². The predicted molar refractivity (Wildman–Crippen MR) is 84.3 cm³/mol. The van der Waals surface area contributed by atoms with Crippen LogP contribution >= 0.6 is 0 Å². The molecule has 0 aromatic heterocycles. The molecular formula is C16H31N3O2. The van der Waals surface area contributed by atoms with Crippen molar-refractivity contribution in [2.24, 2.45) is 5.92 Å². The summed E-state index contributed by atoms with van der Waals surface area (Å²) in [5.74, 6) is 0.827. The van der Waals surface area contributed by atoms with Crippen LogP contribution in [0.15, 0.2) is 0 Å². The molecule has 2 aliphatic rings. The van der Waals surface area contributed by atoms with Crippen molar-refractivity contribution in [1.29, 1.82) is 0 Å². The summed E-state index contributed by atoms with van der Waals surface area (Å²) in [4.78, 5) is 16.0. The van der Waals surface area contributed by atoms with Crippen LogP contribution in [0.2, 0.25) is 0 Å². The number of amides is 1. The molecule has 0 aromatic carbocycles. The van der Waals surface area contributed by atoms with Gasteiger partial charge in [0.2, 0.25) is 5.91 Å². The number of piperazine rings is 1. The van der Waals surface area contributed by atoms with Gasteiger partial charge in [-0.1, -0.05) is 13.8 Å². The average Bonchev–Trinajstić information content (AvgIpc) is 2.36. The number of ether oxygens (including phenoxy) is 1. The highest BCUT2D eigenvalue weighted by Gasteiger charge is 2.30. The molecule has 1 heterocycles. The van der Waals surface area contributed by atoms with Crippen LogP contribution in [0.3, 0.4) is 0 Å². The Balaban J connectivity index is 1.48. The van der Waals surface area contributed by atoms with E-state index >= 15 is 0 Å². The van der Waals surface area contributed by atoms with Crippen LogP contribution in [0.4, 0.5) is 0 Å². The summed E-state index contributed by atoms with van der Waals surface area (Å²) in [6, 6.07) is 0.340. The van der Waals surface area contributed by atoms with Crippen molar-refractivity contribution in [2.75, 3.05) is 45.9 Å². The van der Waals surface area contributed by atoms with Gasteiger partial charge in [0.1, 0.15) is 0 Å². The van der Waals surface area contributed by atoms with Crippen LogP contribution in [0.1, 0.15) is 33.6 Å². The summed E-state index contributed by atoms with van der Waals surface area (Å²) in [5, 5.41) is 2.93. The fourth-order valence-electron chi connectivity index (χ4n) is 3.17. The molecule has 2 rings (SSSR count). The molecule has 0 aromatic rings. The van der Waals surface area contributed by atoms with E-state index in [0.717, 1.165) is 45.0 Å². The highest BCUT2D eigenvalue weighted by Crippen LogP contribution is 2.23. The molecule has 1 N–H and O–H groups in total. The number of hydrogen-bond donors (Lipinski definition) is 1. The smallest absolute Gasteiger partial charge is 0.217 e. The Kier molecular flexibility index (Phi) is 6.45. The van der Waals surface area contributed by atoms with Gasteiger partial charge in [0.25, 0.3) is 0 Å². The normalized spacial score (nSPS) is 27.6. The lowest BCUT2D eigenvalue weighted by Gasteiger charge is -2.37. The van der Waals surface area contributed by atoms with E-state index in [2.05, 4.69) is 29.0 Å². The fourth-order valence-corrected chi connectivity index (χ4v) is 3.17. The number of nitrogens with zero attached hydrogens (tertiary/aromatic N) is 2. The van der Waals surface area contributed by atoms with Crippen LogP contribution in [0, 0.1) is 5.92 Å². The van der Waals surface area contributed by atoms with Crippen molar-refractivity contribution >= 4 is 5.91 Å². The van der Waals surface area contributed by atoms with E-state index < -0.39 is 0 Å². The van der Waals surface area contributed by atoms with Gasteiger partial charge in [-0.05, 0) is 18.8 Å². The van der Waals surface area contributed by atoms with Gasteiger partial charge in [-0.15, -0.1) is 0 Å². The quantitative estimate of drug-likeness (QED) is 0.760. The number of carbonyl (C=O) groups excluding carboxylic acids is 1. The van der Waals surface area contributed by atoms with E-state index in [9.17, 15) is 4.79 Å². The van der Waals surface area contributed by atoms with Gasteiger partial charge in [0.05, 0.1) is 12.7 Å². The third kappa shape index (κ3) is 5.93. The SMILES string of the molecule is CC(=O)N[C@H]1C[C@H](OCCN2CCN(CC(C)C)CC2)C1. The maximum atomic E-state index is 10.9. The highest BCUT2D eigenvalue weighted by atomic mass is 16.5. The van der Waals surface area contributed by atoms with Crippen molar-refractivity contribution in [1.82, 2.24) is 15.1 Å². The van der Waals surface area contributed by atoms with E-state index in [0.29, 0.717) is 12.1 Å². The fraction of sp³-hybridized carbons (Fsp3) is 0.938. The van der Waals surface area contributed by atoms with Gasteiger partial charge in [-0.2, -0.15) is 0 Å². The lowest BCUT2D eigenvalue weighted by Crippen LogP contribution is -2.49. The summed E-state index contributed by atoms with van der Waals surface area (Å²) >= 11 is 0. The maximum Gasteiger partial charge on any atom is 0.217 e. The molecule has 1 aliphatic carbocycles. The van der Waals surface area contributed by atoms with Crippen LogP contribution in [0.5, 0.6) is 0 Å². The van der Waals surface area contributed by atoms with Gasteiger partial charge >= 0.3 is 0 Å². The molecule has 5 nitrogen and oxygen atoms in total. The van der Waals surface area contributed by atoms with E-state index in [1.807, 2.05) is 0 Å². The standard InChI is InChI=1S/C16H31N3O2/c1-13(2)12-19-6-4-18(5-7-19)8-9-21-16-10-15(11-16)17-14(3)20/h13,15-16H,4-12H2,1-3H3,(H,17,20)/t15-,16-. The van der Waals surface area contributed by atoms with E-state index in [4.69, 9.17) is 4.74 Å². The molecule has 122 valence electrons. The summed E-state index contributed by atoms with van der Waals surface area (Å²) in [6.45, 7) is 13.9. The first-order valence-electron chi connectivity index (χ1n) is 8.36. The topological polar surface area (TPSA) is 44.8 Å². The minimum Gasteiger partial charge on any atom is -0.377 e. The Morgan fingerprint density at radius 1 is 1.19 bits per heavy atom. The molecule has 0 radical (unpaired) electrons. The summed E-state index contributed by atoms with van der Waals surface area (Å²) in [5.41, 5.74) is 0. The molecule has 1 aliphatic heterocycles. The molecule has 0 atom stereocenters. The molecule has 2 fully saturated rings. The lowest BCUT2D eigenvalue weighted by molar-refractivity contribution is -0.121. The van der Waals surface area contributed by atoms with Crippen LogP contribution in [-0.4, -0.2) is 73.7 Å². The van der Waals surface area contributed by atoms with Gasteiger partial charge in [-0.25, -0.2) is 0 Å². The van der Waals surface area contributed by atoms with Crippen LogP contribution < -0.4 is 5.32 Å². The summed E-state index contributed by atoms with van der Waals surface area (Å²) in [7, 11) is 0. The molecule has 0 bridgehead atoms. The summed E-state index contributed by atoms with van der Waals surface area (Å²) < 4.78 is 5.88. The van der Waals surface area contributed by atoms with Crippen LogP contribution in [-0.2, 0) is 9.53 Å². The molecule has 0 spiro atoms. The molecule has 5 heteroatoms. The van der Waals surface area contributed by atoms with Gasteiger partial charge in [0.15, 0.2) is 0 Å². The van der Waals surface area contributed by atoms with E-state index in [1.54, 1.807) is 6.92 Å². The number of nitrogens with one attached hydrogen (secondary N) is 1. The molecular weight excluding hydrogens is 266 g/mol. The molecule has 0 unspecified atom stereocenters. The van der Waals surface area contributed by atoms with E-state index in [1.165, 1.54) is 19.6 Å². The third-order valence-corrected chi connectivity index (χ3v) is 4.35. The zero-order valence-electron chi connectivity index (χ0n) is 13.8. The van der Waals surface area contributed by atoms with E-state index in [-0.39, 0.29) is 5.91 Å². The first-order valence-corrected chi connectivity index (χ1v) is 8.36. The van der Waals surface area contributed by atoms with Crippen LogP contribution in [0.25, 0.3) is 0 Å². The second-order valence-corrected chi connectivity index (χ2v) is 6.90. The Morgan fingerprint density at radius 2 is 1.81 bits per heavy atom. The van der Waals surface area contributed by atoms with Gasteiger partial charge < -0.3 is 15.0 Å². The Hall–Kier alpha value is -0.650. The predicted octanol–water partition coefficient (Wildman–Crippen LogP) is 0.944. The first-order chi connectivity index (χ1) is 10.0. The second-order valence-electron chi connectivity index (χ2n) is 6.90. The molecule has 1 saturated carbocycles. The monoisotopic (exact) mass is 297 g/mol.